The molecule has 0 atom stereocenters. The van der Waals surface area contributed by atoms with Crippen LogP contribution < -0.4 is 11.1 Å². The molecule has 6 nitrogen and oxygen atoms in total. The number of nitriles is 1. The Kier molecular flexibility index (Phi) is 4.20. The number of hydrogen-bond donors (Lipinski definition) is 2. The highest BCUT2D eigenvalue weighted by Gasteiger charge is 2.27. The van der Waals surface area contributed by atoms with Crippen molar-refractivity contribution >= 4 is 11.4 Å². The Bertz CT molecular complexity index is 545. The molecular formula is C14H18N4O2. The van der Waals surface area contributed by atoms with Crippen LogP contribution in [0.15, 0.2) is 18.2 Å². The maximum Gasteiger partial charge on any atom is 0.289 e. The molecule has 0 saturated heterocycles. The molecule has 0 radical (unpaired) electrons. The highest BCUT2D eigenvalue weighted by molar-refractivity contribution is 5.59. The molecule has 1 aromatic rings. The van der Waals surface area contributed by atoms with Crippen molar-refractivity contribution in [3.8, 4) is 6.07 Å². The Morgan fingerprint density at radius 2 is 2.10 bits per heavy atom. The zero-order valence-electron chi connectivity index (χ0n) is 11.3. The fourth-order valence-electron chi connectivity index (χ4n) is 2.60. The summed E-state index contributed by atoms with van der Waals surface area (Å²) in [6.07, 6.45) is 5.43. The first-order valence-corrected chi connectivity index (χ1v) is 6.75. The van der Waals surface area contributed by atoms with Gasteiger partial charge in [-0.15, -0.1) is 0 Å². The average Bonchev–Trinajstić information content (AvgIpc) is 2.45. The second kappa shape index (κ2) is 5.88. The van der Waals surface area contributed by atoms with Gasteiger partial charge >= 0.3 is 0 Å². The van der Waals surface area contributed by atoms with Gasteiger partial charge in [0.2, 0.25) is 0 Å². The third-order valence-corrected chi connectivity index (χ3v) is 3.81. The van der Waals surface area contributed by atoms with E-state index in [1.165, 1.54) is 18.6 Å². The molecule has 0 aromatic heterocycles. The summed E-state index contributed by atoms with van der Waals surface area (Å²) in [5.41, 5.74) is 6.60. The van der Waals surface area contributed by atoms with E-state index in [0.29, 0.717) is 12.2 Å². The van der Waals surface area contributed by atoms with Crippen LogP contribution in [0.3, 0.4) is 0 Å². The van der Waals surface area contributed by atoms with Gasteiger partial charge in [0.15, 0.2) is 0 Å². The maximum absolute atomic E-state index is 10.9. The first kappa shape index (κ1) is 14.3. The maximum atomic E-state index is 10.9. The summed E-state index contributed by atoms with van der Waals surface area (Å²) >= 11 is 0. The highest BCUT2D eigenvalue weighted by Crippen LogP contribution is 2.27. The Morgan fingerprint density at radius 1 is 1.40 bits per heavy atom. The van der Waals surface area contributed by atoms with Gasteiger partial charge in [0.05, 0.1) is 4.92 Å². The Labute approximate surface area is 117 Å². The quantitative estimate of drug-likeness (QED) is 0.648. The number of benzene rings is 1. The largest absolute Gasteiger partial charge is 0.383 e. The predicted molar refractivity (Wildman–Crippen MR) is 76.3 cm³/mol. The van der Waals surface area contributed by atoms with Crippen molar-refractivity contribution in [1.82, 2.24) is 0 Å². The summed E-state index contributed by atoms with van der Waals surface area (Å²) in [6, 6.07) is 6.36. The normalized spacial score (nSPS) is 17.2. The molecule has 1 aliphatic carbocycles. The van der Waals surface area contributed by atoms with Gasteiger partial charge in [0, 0.05) is 23.8 Å². The first-order valence-electron chi connectivity index (χ1n) is 6.75. The second-order valence-corrected chi connectivity index (χ2v) is 5.38. The summed E-state index contributed by atoms with van der Waals surface area (Å²) in [4.78, 5) is 10.4. The molecule has 6 heteroatoms. The Balaban J connectivity index is 2.08. The molecular weight excluding hydrogens is 256 g/mol. The molecule has 0 aliphatic heterocycles. The monoisotopic (exact) mass is 274 g/mol. The number of anilines is 1. The van der Waals surface area contributed by atoms with Crippen molar-refractivity contribution in [3.63, 3.8) is 0 Å². The van der Waals surface area contributed by atoms with E-state index in [4.69, 9.17) is 11.0 Å². The third-order valence-electron chi connectivity index (χ3n) is 3.81. The van der Waals surface area contributed by atoms with Crippen LogP contribution in [0.5, 0.6) is 0 Å². The molecule has 1 aliphatic rings. The van der Waals surface area contributed by atoms with E-state index < -0.39 is 4.92 Å². The molecule has 1 aromatic carbocycles. The van der Waals surface area contributed by atoms with Gasteiger partial charge in [-0.1, -0.05) is 19.3 Å². The summed E-state index contributed by atoms with van der Waals surface area (Å²) in [5.74, 6) is 0. The van der Waals surface area contributed by atoms with Crippen LogP contribution in [0, 0.1) is 21.4 Å². The fourth-order valence-corrected chi connectivity index (χ4v) is 2.60. The van der Waals surface area contributed by atoms with Crippen LogP contribution in [-0.2, 0) is 0 Å². The van der Waals surface area contributed by atoms with Gasteiger partial charge < -0.3 is 11.1 Å². The Hall–Kier alpha value is -2.13. The number of nitrogens with one attached hydrogen (secondary N) is 1. The van der Waals surface area contributed by atoms with Crippen molar-refractivity contribution in [1.29, 1.82) is 5.26 Å². The fraction of sp³-hybridized carbons (Fsp3) is 0.500. The van der Waals surface area contributed by atoms with E-state index in [1.807, 2.05) is 6.07 Å². The summed E-state index contributed by atoms with van der Waals surface area (Å²) in [7, 11) is 0. The lowest BCUT2D eigenvalue weighted by Gasteiger charge is -2.33. The van der Waals surface area contributed by atoms with Crippen LogP contribution in [0.25, 0.3) is 0 Å². The van der Waals surface area contributed by atoms with Gasteiger partial charge in [0.1, 0.15) is 11.6 Å². The molecule has 1 saturated carbocycles. The van der Waals surface area contributed by atoms with Gasteiger partial charge in [-0.25, -0.2) is 0 Å². The number of nitro benzene ring substituents is 1. The molecule has 20 heavy (non-hydrogen) atoms. The second-order valence-electron chi connectivity index (χ2n) is 5.38. The topological polar surface area (TPSA) is 105 Å². The molecule has 0 bridgehead atoms. The van der Waals surface area contributed by atoms with Gasteiger partial charge in [0.25, 0.3) is 5.69 Å². The van der Waals surface area contributed by atoms with Crippen molar-refractivity contribution < 1.29 is 4.92 Å². The third kappa shape index (κ3) is 3.25. The van der Waals surface area contributed by atoms with Crippen molar-refractivity contribution in [3.05, 3.63) is 33.9 Å². The van der Waals surface area contributed by atoms with Gasteiger partial charge in [-0.3, -0.25) is 10.1 Å². The number of hydrogen-bond acceptors (Lipinski definition) is 5. The van der Waals surface area contributed by atoms with E-state index in [9.17, 15) is 10.1 Å². The van der Waals surface area contributed by atoms with Crippen LogP contribution in [-0.4, -0.2) is 17.0 Å². The number of nitrogens with two attached hydrogens (primary N) is 1. The molecule has 0 unspecified atom stereocenters. The van der Waals surface area contributed by atoms with E-state index in [1.54, 1.807) is 6.07 Å². The van der Waals surface area contributed by atoms with Crippen molar-refractivity contribution in [2.24, 2.45) is 5.73 Å². The number of rotatable bonds is 4. The zero-order chi connectivity index (χ0) is 14.6. The van der Waals surface area contributed by atoms with Crippen molar-refractivity contribution in [2.75, 3.05) is 11.9 Å². The average molecular weight is 274 g/mol. The summed E-state index contributed by atoms with van der Waals surface area (Å²) in [6.45, 7) is 0.593. The first-order chi connectivity index (χ1) is 9.54. The molecule has 0 spiro atoms. The smallest absolute Gasteiger partial charge is 0.289 e. The van der Waals surface area contributed by atoms with Gasteiger partial charge in [-0.05, 0) is 25.0 Å². The van der Waals surface area contributed by atoms with E-state index in [-0.39, 0.29) is 16.8 Å². The lowest BCUT2D eigenvalue weighted by molar-refractivity contribution is -0.385. The molecule has 0 heterocycles. The minimum atomic E-state index is -0.539. The lowest BCUT2D eigenvalue weighted by Crippen LogP contribution is -2.47. The minimum absolute atomic E-state index is 0.0701. The Morgan fingerprint density at radius 3 is 2.70 bits per heavy atom. The minimum Gasteiger partial charge on any atom is -0.383 e. The number of nitro groups is 1. The predicted octanol–water partition coefficient (Wildman–Crippen LogP) is 2.54. The van der Waals surface area contributed by atoms with E-state index in [0.717, 1.165) is 25.7 Å². The van der Waals surface area contributed by atoms with E-state index in [2.05, 4.69) is 5.32 Å². The standard InChI is InChI=1S/C14H18N4O2/c15-9-11-4-5-12(8-13(11)18(19)20)17-10-14(16)6-2-1-3-7-14/h4-5,8,17H,1-3,6-7,10,16H2. The molecule has 2 rings (SSSR count). The van der Waals surface area contributed by atoms with Crippen LogP contribution in [0.1, 0.15) is 37.7 Å². The van der Waals surface area contributed by atoms with E-state index >= 15 is 0 Å². The van der Waals surface area contributed by atoms with Crippen LogP contribution in [0.2, 0.25) is 0 Å². The lowest BCUT2D eigenvalue weighted by atomic mass is 9.82. The SMILES string of the molecule is N#Cc1ccc(NCC2(N)CCCCC2)cc1[N+](=O)[O-]. The molecule has 1 fully saturated rings. The summed E-state index contributed by atoms with van der Waals surface area (Å²) < 4.78 is 0. The van der Waals surface area contributed by atoms with Crippen LogP contribution >= 0.6 is 0 Å². The molecule has 0 amide bonds. The molecule has 106 valence electrons. The summed E-state index contributed by atoms with van der Waals surface area (Å²) in [5, 5.41) is 22.9. The zero-order valence-corrected chi connectivity index (χ0v) is 11.3. The van der Waals surface area contributed by atoms with Crippen LogP contribution in [0.4, 0.5) is 11.4 Å². The highest BCUT2D eigenvalue weighted by atomic mass is 16.6. The molecule has 3 N–H and O–H groups in total. The van der Waals surface area contributed by atoms with Gasteiger partial charge in [-0.2, -0.15) is 5.26 Å². The number of nitrogens with zero attached hydrogens (tertiary/aromatic N) is 2. The van der Waals surface area contributed by atoms with Crippen molar-refractivity contribution in [2.45, 2.75) is 37.6 Å².